The molecule has 3 heterocycles. The number of carbonyl (C=O) groups is 1. The smallest absolute Gasteiger partial charge is 0.356 e. The molecule has 2 aromatic heterocycles. The molecule has 1 N–H and O–H groups in total. The Bertz CT molecular complexity index is 997. The Balaban J connectivity index is 1.59. The largest absolute Gasteiger partial charge is 0.433 e. The molecule has 1 saturated heterocycles. The molecule has 0 aliphatic carbocycles. The zero-order chi connectivity index (χ0) is 22.1. The Labute approximate surface area is 171 Å². The number of alkyl halides is 3. The van der Waals surface area contributed by atoms with Crippen LogP contribution in [0.5, 0.6) is 0 Å². The first-order valence-corrected chi connectivity index (χ1v) is 9.54. The second-order valence-corrected chi connectivity index (χ2v) is 7.37. The number of nitrogens with one attached hydrogen (secondary N) is 1. The van der Waals surface area contributed by atoms with E-state index < -0.39 is 11.9 Å². The zero-order valence-electron chi connectivity index (χ0n) is 17.0. The van der Waals surface area contributed by atoms with Gasteiger partial charge in [-0.25, -0.2) is 15.0 Å². The highest BCUT2D eigenvalue weighted by molar-refractivity contribution is 5.76. The molecule has 3 rings (SSSR count). The average molecular weight is 424 g/mol. The van der Waals surface area contributed by atoms with Crippen molar-refractivity contribution >= 4 is 11.7 Å². The molecule has 1 aliphatic heterocycles. The number of amides is 1. The molecular weight excluding hydrogens is 401 g/mol. The van der Waals surface area contributed by atoms with Crippen molar-refractivity contribution in [3.05, 3.63) is 45.5 Å². The van der Waals surface area contributed by atoms with Gasteiger partial charge in [0.15, 0.2) is 0 Å². The minimum Gasteiger partial charge on any atom is -0.356 e. The number of aromatic nitrogens is 4. The summed E-state index contributed by atoms with van der Waals surface area (Å²) in [5.74, 6) is -0.0205. The van der Waals surface area contributed by atoms with E-state index in [-0.39, 0.29) is 35.7 Å². The number of hydrogen-bond acceptors (Lipinski definition) is 6. The third-order valence-corrected chi connectivity index (χ3v) is 5.13. The second kappa shape index (κ2) is 8.41. The molecule has 0 aromatic carbocycles. The highest BCUT2D eigenvalue weighted by atomic mass is 19.4. The second-order valence-electron chi connectivity index (χ2n) is 7.37. The lowest BCUT2D eigenvalue weighted by Crippen LogP contribution is -2.46. The summed E-state index contributed by atoms with van der Waals surface area (Å²) in [5.41, 5.74) is -0.102. The van der Waals surface area contributed by atoms with E-state index in [4.69, 9.17) is 0 Å². The van der Waals surface area contributed by atoms with Crippen LogP contribution < -0.4 is 15.8 Å². The molecule has 0 saturated carbocycles. The van der Waals surface area contributed by atoms with Crippen molar-refractivity contribution in [2.75, 3.05) is 18.0 Å². The molecule has 1 amide bonds. The van der Waals surface area contributed by atoms with Crippen LogP contribution in [0.25, 0.3) is 0 Å². The number of carbonyl (C=O) groups excluding carboxylic acids is 1. The maximum atomic E-state index is 13.0. The molecule has 0 unspecified atom stereocenters. The monoisotopic (exact) mass is 424 g/mol. The Hall–Kier alpha value is -2.98. The normalized spacial score (nSPS) is 15.3. The number of anilines is 1. The summed E-state index contributed by atoms with van der Waals surface area (Å²) in [6, 6.07) is 0.819. The number of nitrogens with zero attached hydrogens (tertiary/aromatic N) is 5. The number of hydrogen-bond donors (Lipinski definition) is 1. The van der Waals surface area contributed by atoms with Gasteiger partial charge in [0.05, 0.1) is 6.33 Å². The number of piperidine rings is 1. The highest BCUT2D eigenvalue weighted by Crippen LogP contribution is 2.30. The van der Waals surface area contributed by atoms with Gasteiger partial charge in [0, 0.05) is 36.5 Å². The van der Waals surface area contributed by atoms with E-state index in [0.29, 0.717) is 37.2 Å². The maximum Gasteiger partial charge on any atom is 0.433 e. The summed E-state index contributed by atoms with van der Waals surface area (Å²) in [6.07, 6.45) is -2.08. The number of halogens is 3. The SMILES string of the molecule is Cc1nc(N2CCC(NC(=O)Cn3cnc(C)c(C)c3=O)CC2)cc(C(F)(F)F)n1. The molecule has 0 spiro atoms. The maximum absolute atomic E-state index is 13.0. The number of rotatable bonds is 4. The molecule has 1 aliphatic rings. The summed E-state index contributed by atoms with van der Waals surface area (Å²) >= 11 is 0. The Morgan fingerprint density at radius 1 is 1.20 bits per heavy atom. The predicted molar refractivity (Wildman–Crippen MR) is 103 cm³/mol. The standard InChI is InChI=1S/C19H23F3N6O2/c1-11-12(2)23-10-28(18(11)30)9-17(29)26-14-4-6-27(7-5-14)16-8-15(19(20,21)22)24-13(3)25-16/h8,10,14H,4-7,9H2,1-3H3,(H,26,29). The van der Waals surface area contributed by atoms with Crippen LogP contribution in [-0.4, -0.2) is 44.6 Å². The molecule has 1 fully saturated rings. The van der Waals surface area contributed by atoms with Crippen LogP contribution in [-0.2, 0) is 17.5 Å². The summed E-state index contributed by atoms with van der Waals surface area (Å²) in [7, 11) is 0. The van der Waals surface area contributed by atoms with Crippen LogP contribution in [0.2, 0.25) is 0 Å². The molecule has 162 valence electrons. The molecule has 0 bridgehead atoms. The van der Waals surface area contributed by atoms with E-state index in [1.165, 1.54) is 17.8 Å². The summed E-state index contributed by atoms with van der Waals surface area (Å²) in [5, 5.41) is 2.88. The van der Waals surface area contributed by atoms with Gasteiger partial charge in [-0.2, -0.15) is 13.2 Å². The van der Waals surface area contributed by atoms with Gasteiger partial charge in [0.2, 0.25) is 5.91 Å². The van der Waals surface area contributed by atoms with Crippen LogP contribution in [0.3, 0.4) is 0 Å². The lowest BCUT2D eigenvalue weighted by Gasteiger charge is -2.33. The van der Waals surface area contributed by atoms with Crippen molar-refractivity contribution < 1.29 is 18.0 Å². The minimum atomic E-state index is -4.53. The zero-order valence-corrected chi connectivity index (χ0v) is 17.0. The first-order valence-electron chi connectivity index (χ1n) is 9.54. The van der Waals surface area contributed by atoms with Gasteiger partial charge in [0.1, 0.15) is 23.9 Å². The molecule has 11 heteroatoms. The fraction of sp³-hybridized carbons (Fsp3) is 0.526. The van der Waals surface area contributed by atoms with Crippen LogP contribution >= 0.6 is 0 Å². The van der Waals surface area contributed by atoms with Gasteiger partial charge in [-0.05, 0) is 33.6 Å². The minimum absolute atomic E-state index is 0.0580. The van der Waals surface area contributed by atoms with Crippen molar-refractivity contribution in [2.45, 2.75) is 52.4 Å². The third kappa shape index (κ3) is 4.95. The van der Waals surface area contributed by atoms with Gasteiger partial charge in [0.25, 0.3) is 5.56 Å². The van der Waals surface area contributed by atoms with E-state index in [2.05, 4.69) is 20.3 Å². The summed E-state index contributed by atoms with van der Waals surface area (Å²) < 4.78 is 40.2. The summed E-state index contributed by atoms with van der Waals surface area (Å²) in [6.45, 7) is 5.58. The van der Waals surface area contributed by atoms with Crippen molar-refractivity contribution in [1.29, 1.82) is 0 Å². The molecule has 0 radical (unpaired) electrons. The first-order chi connectivity index (χ1) is 14.0. The van der Waals surface area contributed by atoms with Crippen molar-refractivity contribution in [3.63, 3.8) is 0 Å². The molecular formula is C19H23F3N6O2. The van der Waals surface area contributed by atoms with E-state index in [0.717, 1.165) is 6.07 Å². The quantitative estimate of drug-likeness (QED) is 0.804. The van der Waals surface area contributed by atoms with Crippen LogP contribution in [0.4, 0.5) is 19.0 Å². The van der Waals surface area contributed by atoms with Gasteiger partial charge < -0.3 is 10.2 Å². The van der Waals surface area contributed by atoms with E-state index >= 15 is 0 Å². The topological polar surface area (TPSA) is 93.0 Å². The lowest BCUT2D eigenvalue weighted by molar-refractivity contribution is -0.141. The van der Waals surface area contributed by atoms with Crippen molar-refractivity contribution in [1.82, 2.24) is 24.8 Å². The first kappa shape index (κ1) is 21.7. The van der Waals surface area contributed by atoms with Crippen molar-refractivity contribution in [2.24, 2.45) is 0 Å². The van der Waals surface area contributed by atoms with Gasteiger partial charge in [-0.15, -0.1) is 0 Å². The van der Waals surface area contributed by atoms with Crippen molar-refractivity contribution in [3.8, 4) is 0 Å². The van der Waals surface area contributed by atoms with E-state index in [9.17, 15) is 22.8 Å². The van der Waals surface area contributed by atoms with Crippen LogP contribution in [0, 0.1) is 20.8 Å². The van der Waals surface area contributed by atoms with Gasteiger partial charge in [-0.3, -0.25) is 14.2 Å². The Morgan fingerprint density at radius 2 is 1.87 bits per heavy atom. The molecule has 2 aromatic rings. The Kier molecular flexibility index (Phi) is 6.09. The molecule has 0 atom stereocenters. The van der Waals surface area contributed by atoms with Gasteiger partial charge >= 0.3 is 6.18 Å². The summed E-state index contributed by atoms with van der Waals surface area (Å²) in [4.78, 5) is 37.9. The number of aryl methyl sites for hydroxylation is 2. The van der Waals surface area contributed by atoms with Crippen LogP contribution in [0.1, 0.15) is 35.6 Å². The Morgan fingerprint density at radius 3 is 2.50 bits per heavy atom. The molecule has 30 heavy (non-hydrogen) atoms. The highest BCUT2D eigenvalue weighted by Gasteiger charge is 2.34. The van der Waals surface area contributed by atoms with E-state index in [1.807, 2.05) is 0 Å². The van der Waals surface area contributed by atoms with E-state index in [1.54, 1.807) is 18.7 Å². The van der Waals surface area contributed by atoms with Gasteiger partial charge in [-0.1, -0.05) is 0 Å². The lowest BCUT2D eigenvalue weighted by atomic mass is 10.0. The fourth-order valence-corrected chi connectivity index (χ4v) is 3.33. The van der Waals surface area contributed by atoms with Crippen LogP contribution in [0.15, 0.2) is 17.2 Å². The fourth-order valence-electron chi connectivity index (χ4n) is 3.33. The molecule has 8 nitrogen and oxygen atoms in total. The third-order valence-electron chi connectivity index (χ3n) is 5.13. The average Bonchev–Trinajstić information content (AvgIpc) is 2.68. The predicted octanol–water partition coefficient (Wildman–Crippen LogP) is 1.76.